The van der Waals surface area contributed by atoms with Crippen molar-refractivity contribution in [2.24, 2.45) is 5.92 Å². The summed E-state index contributed by atoms with van der Waals surface area (Å²) in [6, 6.07) is -0.192. The number of urea groups is 1. The van der Waals surface area contributed by atoms with E-state index < -0.39 is 10.0 Å². The van der Waals surface area contributed by atoms with E-state index in [1.165, 1.54) is 10.6 Å². The van der Waals surface area contributed by atoms with Crippen LogP contribution in [0.3, 0.4) is 0 Å². The predicted molar refractivity (Wildman–Crippen MR) is 94.3 cm³/mol. The standard InChI is InChI=1S/C15H28N6O3S/c1-4-7-20-12-17-18-14(20)11-19(2)15(22)16-9-13-6-5-8-21(10-13)25(3,23)24/h12-13H,4-11H2,1-3H3,(H,16,22). The van der Waals surface area contributed by atoms with Crippen molar-refractivity contribution >= 4 is 16.1 Å². The first-order chi connectivity index (χ1) is 11.8. The number of carbonyl (C=O) groups excluding carboxylic acids is 1. The Morgan fingerprint density at radius 3 is 2.92 bits per heavy atom. The van der Waals surface area contributed by atoms with Gasteiger partial charge in [-0.15, -0.1) is 10.2 Å². The van der Waals surface area contributed by atoms with E-state index in [1.807, 2.05) is 4.57 Å². The van der Waals surface area contributed by atoms with E-state index in [4.69, 9.17) is 0 Å². The number of amides is 2. The summed E-state index contributed by atoms with van der Waals surface area (Å²) in [7, 11) is -1.45. The van der Waals surface area contributed by atoms with Crippen molar-refractivity contribution in [3.8, 4) is 0 Å². The van der Waals surface area contributed by atoms with Gasteiger partial charge in [-0.3, -0.25) is 0 Å². The highest BCUT2D eigenvalue weighted by Gasteiger charge is 2.26. The molecular formula is C15H28N6O3S. The van der Waals surface area contributed by atoms with Crippen LogP contribution in [0, 0.1) is 5.92 Å². The van der Waals surface area contributed by atoms with Crippen LogP contribution in [0.5, 0.6) is 0 Å². The van der Waals surface area contributed by atoms with Gasteiger partial charge < -0.3 is 14.8 Å². The first-order valence-electron chi connectivity index (χ1n) is 8.62. The average Bonchev–Trinajstić information content (AvgIpc) is 2.99. The predicted octanol–water partition coefficient (Wildman–Crippen LogP) is 0.501. The SMILES string of the molecule is CCCn1cnnc1CN(C)C(=O)NCC1CCCN(S(C)(=O)=O)C1. The fraction of sp³-hybridized carbons (Fsp3) is 0.800. The zero-order valence-electron chi connectivity index (χ0n) is 15.2. The highest BCUT2D eigenvalue weighted by molar-refractivity contribution is 7.88. The number of nitrogens with zero attached hydrogens (tertiary/aromatic N) is 5. The summed E-state index contributed by atoms with van der Waals surface area (Å²) >= 11 is 0. The lowest BCUT2D eigenvalue weighted by atomic mass is 10.00. The monoisotopic (exact) mass is 372 g/mol. The van der Waals surface area contributed by atoms with Crippen LogP contribution >= 0.6 is 0 Å². The van der Waals surface area contributed by atoms with Gasteiger partial charge in [0.2, 0.25) is 10.0 Å². The zero-order valence-corrected chi connectivity index (χ0v) is 16.0. The van der Waals surface area contributed by atoms with Crippen molar-refractivity contribution in [1.29, 1.82) is 0 Å². The third-order valence-corrected chi connectivity index (χ3v) is 5.65. The van der Waals surface area contributed by atoms with Gasteiger partial charge in [0.15, 0.2) is 5.82 Å². The molecule has 1 unspecified atom stereocenters. The van der Waals surface area contributed by atoms with E-state index in [0.29, 0.717) is 26.2 Å². The van der Waals surface area contributed by atoms with Gasteiger partial charge in [0.1, 0.15) is 6.33 Å². The molecule has 1 aromatic heterocycles. The molecule has 1 fully saturated rings. The fourth-order valence-corrected chi connectivity index (χ4v) is 3.92. The Morgan fingerprint density at radius 2 is 2.24 bits per heavy atom. The summed E-state index contributed by atoms with van der Waals surface area (Å²) < 4.78 is 26.7. The Kier molecular flexibility index (Phi) is 6.77. The van der Waals surface area contributed by atoms with Crippen molar-refractivity contribution in [3.05, 3.63) is 12.2 Å². The third-order valence-electron chi connectivity index (χ3n) is 4.38. The van der Waals surface area contributed by atoms with Gasteiger partial charge in [-0.2, -0.15) is 0 Å². The lowest BCUT2D eigenvalue weighted by Crippen LogP contribution is -2.45. The lowest BCUT2D eigenvalue weighted by molar-refractivity contribution is 0.198. The van der Waals surface area contributed by atoms with Crippen LogP contribution in [0.4, 0.5) is 4.79 Å². The molecule has 9 nitrogen and oxygen atoms in total. The minimum absolute atomic E-state index is 0.143. The number of nitrogens with one attached hydrogen (secondary N) is 1. The molecule has 0 spiro atoms. The van der Waals surface area contributed by atoms with E-state index in [-0.39, 0.29) is 11.9 Å². The smallest absolute Gasteiger partial charge is 0.317 e. The first kappa shape index (κ1) is 19.6. The van der Waals surface area contributed by atoms with Crippen molar-refractivity contribution in [2.45, 2.75) is 39.3 Å². The fourth-order valence-electron chi connectivity index (χ4n) is 2.97. The Morgan fingerprint density at radius 1 is 1.48 bits per heavy atom. The van der Waals surface area contributed by atoms with Crippen molar-refractivity contribution < 1.29 is 13.2 Å². The summed E-state index contributed by atoms with van der Waals surface area (Å²) in [5.74, 6) is 0.894. The van der Waals surface area contributed by atoms with E-state index >= 15 is 0 Å². The lowest BCUT2D eigenvalue weighted by Gasteiger charge is -2.31. The molecular weight excluding hydrogens is 344 g/mol. The first-order valence-corrected chi connectivity index (χ1v) is 10.5. The number of hydrogen-bond acceptors (Lipinski definition) is 5. The highest BCUT2D eigenvalue weighted by atomic mass is 32.2. The molecule has 0 saturated carbocycles. The maximum atomic E-state index is 12.3. The van der Waals surface area contributed by atoms with Gasteiger partial charge in [0.05, 0.1) is 12.8 Å². The number of rotatable bonds is 7. The Hall–Kier alpha value is -1.68. The van der Waals surface area contributed by atoms with Crippen LogP contribution in [0.15, 0.2) is 6.33 Å². The van der Waals surface area contributed by atoms with Crippen molar-refractivity contribution in [1.82, 2.24) is 29.3 Å². The minimum atomic E-state index is -3.17. The molecule has 1 aromatic rings. The summed E-state index contributed by atoms with van der Waals surface area (Å²) in [6.07, 6.45) is 5.62. The van der Waals surface area contributed by atoms with E-state index in [9.17, 15) is 13.2 Å². The molecule has 0 aliphatic carbocycles. The Labute approximate surface area is 149 Å². The molecule has 142 valence electrons. The van der Waals surface area contributed by atoms with Crippen LogP contribution in [0.2, 0.25) is 0 Å². The maximum absolute atomic E-state index is 12.3. The molecule has 25 heavy (non-hydrogen) atoms. The van der Waals surface area contributed by atoms with Crippen molar-refractivity contribution in [2.75, 3.05) is 32.9 Å². The average molecular weight is 372 g/mol. The van der Waals surface area contributed by atoms with Crippen LogP contribution in [0.1, 0.15) is 32.0 Å². The number of hydrogen-bond donors (Lipinski definition) is 1. The molecule has 1 aliphatic heterocycles. The molecule has 2 amide bonds. The second kappa shape index (κ2) is 8.61. The van der Waals surface area contributed by atoms with Gasteiger partial charge in [-0.1, -0.05) is 6.92 Å². The maximum Gasteiger partial charge on any atom is 0.317 e. The van der Waals surface area contributed by atoms with Gasteiger partial charge in [0.25, 0.3) is 0 Å². The van der Waals surface area contributed by atoms with Crippen LogP contribution < -0.4 is 5.32 Å². The molecule has 1 aliphatic rings. The van der Waals surface area contributed by atoms with Gasteiger partial charge in [0, 0.05) is 33.2 Å². The van der Waals surface area contributed by atoms with Gasteiger partial charge >= 0.3 is 6.03 Å². The highest BCUT2D eigenvalue weighted by Crippen LogP contribution is 2.18. The zero-order chi connectivity index (χ0) is 18.4. The minimum Gasteiger partial charge on any atom is -0.338 e. The van der Waals surface area contributed by atoms with Crippen LogP contribution in [0.25, 0.3) is 0 Å². The van der Waals surface area contributed by atoms with Gasteiger partial charge in [-0.25, -0.2) is 17.5 Å². The van der Waals surface area contributed by atoms with Crippen LogP contribution in [-0.2, 0) is 23.1 Å². The molecule has 1 atom stereocenters. The van der Waals surface area contributed by atoms with E-state index in [0.717, 1.165) is 31.6 Å². The van der Waals surface area contributed by atoms with E-state index in [2.05, 4.69) is 22.4 Å². The second-order valence-electron chi connectivity index (χ2n) is 6.61. The van der Waals surface area contributed by atoms with Crippen LogP contribution in [-0.4, -0.2) is 71.4 Å². The number of aromatic nitrogens is 3. The molecule has 0 bridgehead atoms. The largest absolute Gasteiger partial charge is 0.338 e. The second-order valence-corrected chi connectivity index (χ2v) is 8.59. The number of piperidine rings is 1. The van der Waals surface area contributed by atoms with E-state index in [1.54, 1.807) is 18.3 Å². The molecule has 0 radical (unpaired) electrons. The molecule has 2 rings (SSSR count). The number of sulfonamides is 1. The number of aryl methyl sites for hydroxylation is 1. The third kappa shape index (κ3) is 5.67. The quantitative estimate of drug-likeness (QED) is 0.751. The van der Waals surface area contributed by atoms with Gasteiger partial charge in [-0.05, 0) is 25.2 Å². The molecule has 0 aromatic carbocycles. The summed E-state index contributed by atoms with van der Waals surface area (Å²) in [5.41, 5.74) is 0. The summed E-state index contributed by atoms with van der Waals surface area (Å²) in [6.45, 7) is 4.78. The Bertz CT molecular complexity index is 675. The molecule has 2 heterocycles. The summed E-state index contributed by atoms with van der Waals surface area (Å²) in [5, 5.41) is 10.9. The van der Waals surface area contributed by atoms with Crippen molar-refractivity contribution in [3.63, 3.8) is 0 Å². The molecule has 10 heteroatoms. The molecule has 1 N–H and O–H groups in total. The Balaban J connectivity index is 1.82. The topological polar surface area (TPSA) is 100 Å². The summed E-state index contributed by atoms with van der Waals surface area (Å²) in [4.78, 5) is 13.8. The normalized spacial score (nSPS) is 18.9. The number of carbonyl (C=O) groups is 1. The molecule has 1 saturated heterocycles.